The van der Waals surface area contributed by atoms with Crippen molar-refractivity contribution < 1.29 is 9.84 Å². The molecule has 2 rings (SSSR count). The Bertz CT molecular complexity index is 316. The molecule has 0 fully saturated rings. The number of fused-ring (bicyclic) bond motifs is 1. The molecule has 0 saturated carbocycles. The second-order valence-corrected chi connectivity index (χ2v) is 3.57. The van der Waals surface area contributed by atoms with Crippen molar-refractivity contribution in [2.75, 3.05) is 0 Å². The molecule has 2 heteroatoms. The van der Waals surface area contributed by atoms with Crippen LogP contribution in [0.5, 0.6) is 5.75 Å². The number of hydrogen-bond acceptors (Lipinski definition) is 2. The van der Waals surface area contributed by atoms with E-state index in [1.54, 1.807) is 6.92 Å². The van der Waals surface area contributed by atoms with Gasteiger partial charge in [-0.25, -0.2) is 0 Å². The van der Waals surface area contributed by atoms with Gasteiger partial charge in [-0.05, 0) is 13.0 Å². The maximum atomic E-state index is 9.58. The molecule has 0 saturated heterocycles. The molecule has 0 radical (unpaired) electrons. The first-order chi connectivity index (χ1) is 5.57. The third-order valence-electron chi connectivity index (χ3n) is 2.06. The molecule has 1 atom stereocenters. The molecule has 12 heavy (non-hydrogen) atoms. The van der Waals surface area contributed by atoms with E-state index in [9.17, 15) is 5.11 Å². The summed E-state index contributed by atoms with van der Waals surface area (Å²) < 4.78 is 5.30. The summed E-state index contributed by atoms with van der Waals surface area (Å²) in [7, 11) is 0. The lowest BCUT2D eigenvalue weighted by atomic mass is 10.1. The fourth-order valence-corrected chi connectivity index (χ4v) is 1.57. The monoisotopic (exact) mass is 164 g/mol. The summed E-state index contributed by atoms with van der Waals surface area (Å²) in [4.78, 5) is 0. The van der Waals surface area contributed by atoms with Crippen molar-refractivity contribution >= 4 is 0 Å². The van der Waals surface area contributed by atoms with Gasteiger partial charge in [0.25, 0.3) is 0 Å². The number of rotatable bonds is 0. The van der Waals surface area contributed by atoms with Crippen molar-refractivity contribution in [3.63, 3.8) is 0 Å². The van der Waals surface area contributed by atoms with Crippen LogP contribution < -0.4 is 4.74 Å². The van der Waals surface area contributed by atoms with Crippen molar-refractivity contribution in [1.29, 1.82) is 0 Å². The van der Waals surface area contributed by atoms with E-state index in [0.717, 1.165) is 11.3 Å². The summed E-state index contributed by atoms with van der Waals surface area (Å²) in [6, 6.07) is 5.95. The van der Waals surface area contributed by atoms with Crippen LogP contribution in [0.2, 0.25) is 0 Å². The van der Waals surface area contributed by atoms with Gasteiger partial charge in [0, 0.05) is 18.9 Å². The summed E-state index contributed by atoms with van der Waals surface area (Å²) in [5.74, 6) is -0.193. The van der Waals surface area contributed by atoms with Gasteiger partial charge in [0.2, 0.25) is 5.79 Å². The van der Waals surface area contributed by atoms with E-state index in [0.29, 0.717) is 6.42 Å². The van der Waals surface area contributed by atoms with Crippen molar-refractivity contribution in [2.45, 2.75) is 26.1 Å². The summed E-state index contributed by atoms with van der Waals surface area (Å²) >= 11 is 0. The van der Waals surface area contributed by atoms with Gasteiger partial charge >= 0.3 is 0 Å². The van der Waals surface area contributed by atoms with E-state index in [1.165, 1.54) is 5.56 Å². The van der Waals surface area contributed by atoms with Crippen LogP contribution in [0.25, 0.3) is 0 Å². The molecule has 1 N–H and O–H groups in total. The van der Waals surface area contributed by atoms with Crippen molar-refractivity contribution in [3.05, 3.63) is 29.3 Å². The van der Waals surface area contributed by atoms with Gasteiger partial charge in [-0.15, -0.1) is 0 Å². The molecule has 64 valence electrons. The third kappa shape index (κ3) is 1.18. The van der Waals surface area contributed by atoms with Gasteiger partial charge in [0.15, 0.2) is 0 Å². The second-order valence-electron chi connectivity index (χ2n) is 3.57. The molecule has 1 unspecified atom stereocenters. The maximum absolute atomic E-state index is 9.58. The largest absolute Gasteiger partial charge is 0.462 e. The Morgan fingerprint density at radius 3 is 3.00 bits per heavy atom. The first-order valence-electron chi connectivity index (χ1n) is 4.08. The summed E-state index contributed by atoms with van der Waals surface area (Å²) in [5, 5.41) is 9.58. The second kappa shape index (κ2) is 2.23. The van der Waals surface area contributed by atoms with E-state index in [1.807, 2.05) is 19.1 Å². The third-order valence-corrected chi connectivity index (χ3v) is 2.06. The van der Waals surface area contributed by atoms with Crippen LogP contribution in [0.4, 0.5) is 0 Å². The highest BCUT2D eigenvalue weighted by Gasteiger charge is 2.31. The van der Waals surface area contributed by atoms with Crippen molar-refractivity contribution in [3.8, 4) is 5.75 Å². The summed E-state index contributed by atoms with van der Waals surface area (Å²) in [5.41, 5.74) is 2.30. The van der Waals surface area contributed by atoms with Crippen LogP contribution in [-0.2, 0) is 6.42 Å². The summed E-state index contributed by atoms with van der Waals surface area (Å²) in [6.07, 6.45) is 0.587. The minimum absolute atomic E-state index is 0.587. The fraction of sp³-hybridized carbons (Fsp3) is 0.400. The Kier molecular flexibility index (Phi) is 1.42. The topological polar surface area (TPSA) is 29.5 Å². The lowest BCUT2D eigenvalue weighted by Gasteiger charge is -2.14. The van der Waals surface area contributed by atoms with Crippen LogP contribution in [0.1, 0.15) is 18.1 Å². The first-order valence-corrected chi connectivity index (χ1v) is 4.08. The number of aryl methyl sites for hydroxylation is 1. The highest BCUT2D eigenvalue weighted by Crippen LogP contribution is 2.33. The first kappa shape index (κ1) is 7.62. The lowest BCUT2D eigenvalue weighted by Crippen LogP contribution is -2.28. The molecule has 0 aliphatic carbocycles. The molecule has 1 heterocycles. The quantitative estimate of drug-likeness (QED) is 0.631. The summed E-state index contributed by atoms with van der Waals surface area (Å²) in [6.45, 7) is 3.72. The van der Waals surface area contributed by atoms with Gasteiger partial charge in [0.1, 0.15) is 5.75 Å². The number of aliphatic hydroxyl groups is 1. The molecule has 1 aromatic carbocycles. The highest BCUT2D eigenvalue weighted by molar-refractivity contribution is 5.40. The van der Waals surface area contributed by atoms with Crippen LogP contribution in [0.15, 0.2) is 18.2 Å². The Morgan fingerprint density at radius 2 is 2.25 bits per heavy atom. The van der Waals surface area contributed by atoms with E-state index >= 15 is 0 Å². The molecule has 0 aromatic heterocycles. The van der Waals surface area contributed by atoms with Gasteiger partial charge < -0.3 is 9.84 Å². The number of hydrogen-bond donors (Lipinski definition) is 1. The zero-order chi connectivity index (χ0) is 8.77. The zero-order valence-corrected chi connectivity index (χ0v) is 7.29. The Balaban J connectivity index is 2.43. The zero-order valence-electron chi connectivity index (χ0n) is 7.29. The van der Waals surface area contributed by atoms with E-state index < -0.39 is 5.79 Å². The molecule has 0 bridgehead atoms. The van der Waals surface area contributed by atoms with Gasteiger partial charge in [0.05, 0.1) is 0 Å². The maximum Gasteiger partial charge on any atom is 0.209 e. The molecule has 1 aromatic rings. The van der Waals surface area contributed by atoms with Crippen LogP contribution in [0, 0.1) is 6.92 Å². The standard InChI is InChI=1S/C10H12O2/c1-7-3-4-9-8(5-7)6-10(2,11)12-9/h3-5,11H,6H2,1-2H3. The molecule has 2 nitrogen and oxygen atoms in total. The van der Waals surface area contributed by atoms with Crippen LogP contribution in [0.3, 0.4) is 0 Å². The molecular weight excluding hydrogens is 152 g/mol. The average Bonchev–Trinajstić information content (AvgIpc) is 2.21. The van der Waals surface area contributed by atoms with E-state index in [4.69, 9.17) is 4.74 Å². The minimum Gasteiger partial charge on any atom is -0.462 e. The molecule has 0 amide bonds. The molecular formula is C10H12O2. The molecule has 0 spiro atoms. The smallest absolute Gasteiger partial charge is 0.209 e. The fourth-order valence-electron chi connectivity index (χ4n) is 1.57. The minimum atomic E-state index is -1.00. The Hall–Kier alpha value is -1.02. The van der Waals surface area contributed by atoms with Crippen molar-refractivity contribution in [2.24, 2.45) is 0 Å². The van der Waals surface area contributed by atoms with Gasteiger partial charge in [-0.2, -0.15) is 0 Å². The van der Waals surface area contributed by atoms with Gasteiger partial charge in [-0.1, -0.05) is 17.7 Å². The number of ether oxygens (including phenoxy) is 1. The van der Waals surface area contributed by atoms with Crippen LogP contribution >= 0.6 is 0 Å². The predicted molar refractivity (Wildman–Crippen MR) is 46.1 cm³/mol. The van der Waals surface area contributed by atoms with Crippen LogP contribution in [-0.4, -0.2) is 10.9 Å². The highest BCUT2D eigenvalue weighted by atomic mass is 16.6. The SMILES string of the molecule is Cc1ccc2c(c1)CC(C)(O)O2. The molecule has 1 aliphatic heterocycles. The predicted octanol–water partition coefficient (Wildman–Crippen LogP) is 1.64. The normalized spacial score (nSPS) is 26.6. The Labute approximate surface area is 71.8 Å². The molecule has 1 aliphatic rings. The lowest BCUT2D eigenvalue weighted by molar-refractivity contribution is -0.104. The Morgan fingerprint density at radius 1 is 1.50 bits per heavy atom. The van der Waals surface area contributed by atoms with E-state index in [-0.39, 0.29) is 0 Å². The van der Waals surface area contributed by atoms with Crippen molar-refractivity contribution in [1.82, 2.24) is 0 Å². The van der Waals surface area contributed by atoms with Gasteiger partial charge in [-0.3, -0.25) is 0 Å². The van der Waals surface area contributed by atoms with E-state index in [2.05, 4.69) is 6.07 Å². The number of benzene rings is 1. The average molecular weight is 164 g/mol.